The van der Waals surface area contributed by atoms with E-state index in [1.54, 1.807) is 16.2 Å². The number of aromatic nitrogens is 1. The summed E-state index contributed by atoms with van der Waals surface area (Å²) >= 11 is 1.55. The number of aryl methyl sites for hydroxylation is 1. The van der Waals surface area contributed by atoms with Gasteiger partial charge in [0.05, 0.1) is 30.0 Å². The number of carbonyl (C=O) groups is 4. The molecule has 1 saturated carbocycles. The number of hydrogen-bond donors (Lipinski definition) is 3. The topological polar surface area (TPSA) is 140 Å². The second kappa shape index (κ2) is 21.4. The minimum atomic E-state index is -0.451. The molecule has 1 fully saturated rings. The third-order valence-electron chi connectivity index (χ3n) is 9.06. The van der Waals surface area contributed by atoms with E-state index in [9.17, 15) is 19.2 Å². The number of anilines is 1. The molecule has 12 nitrogen and oxygen atoms in total. The molecule has 4 amide bonds. The average Bonchev–Trinajstić information content (AvgIpc) is 3.72. The molecule has 1 radical (unpaired) electrons. The number of carbonyl (C=O) groups excluding carboxylic acids is 4. The van der Waals surface area contributed by atoms with Gasteiger partial charge in [0.25, 0.3) is 5.91 Å². The van der Waals surface area contributed by atoms with Crippen LogP contribution < -0.4 is 20.9 Å². The van der Waals surface area contributed by atoms with Crippen LogP contribution in [0.15, 0.2) is 41.8 Å². The zero-order valence-corrected chi connectivity index (χ0v) is 30.9. The lowest BCUT2D eigenvalue weighted by atomic mass is 9.85. The molecule has 0 atom stereocenters. The van der Waals surface area contributed by atoms with Gasteiger partial charge in [0, 0.05) is 43.9 Å². The SMILES string of the molecule is [CH2]COCCOCCOC(=O)NCCCCCCNC(=O)[C@H]1CC[C@H](NC(=O)c2cc3sccc3n2CC(=O)N(CC)c2cccc(C)c2)CC1. The van der Waals surface area contributed by atoms with E-state index >= 15 is 0 Å². The van der Waals surface area contributed by atoms with Gasteiger partial charge in [0.2, 0.25) is 11.8 Å². The van der Waals surface area contributed by atoms with E-state index < -0.39 is 6.09 Å². The van der Waals surface area contributed by atoms with E-state index in [0.29, 0.717) is 64.6 Å². The molecule has 0 spiro atoms. The molecule has 0 unspecified atom stereocenters. The summed E-state index contributed by atoms with van der Waals surface area (Å²) in [5.41, 5.74) is 3.28. The quantitative estimate of drug-likeness (QED) is 0.121. The van der Waals surface area contributed by atoms with Gasteiger partial charge in [-0.3, -0.25) is 14.4 Å². The Morgan fingerprint density at radius 1 is 0.922 bits per heavy atom. The maximum absolute atomic E-state index is 13.6. The summed E-state index contributed by atoms with van der Waals surface area (Å²) in [6.45, 7) is 11.1. The molecule has 4 rings (SSSR count). The number of alkyl carbamates (subject to hydrolysis) is 1. The van der Waals surface area contributed by atoms with Gasteiger partial charge in [0.1, 0.15) is 18.8 Å². The van der Waals surface area contributed by atoms with E-state index in [-0.39, 0.29) is 42.8 Å². The third kappa shape index (κ3) is 12.7. The molecule has 3 N–H and O–H groups in total. The number of benzene rings is 1. The fourth-order valence-corrected chi connectivity index (χ4v) is 7.15. The number of unbranched alkanes of at least 4 members (excludes halogenated alkanes) is 3. The van der Waals surface area contributed by atoms with Gasteiger partial charge >= 0.3 is 6.09 Å². The fraction of sp³-hybridized carbons (Fsp3) is 0.553. The fourth-order valence-electron chi connectivity index (χ4n) is 6.33. The number of nitrogens with zero attached hydrogens (tertiary/aromatic N) is 2. The predicted octanol–water partition coefficient (Wildman–Crippen LogP) is 5.62. The Morgan fingerprint density at radius 2 is 1.65 bits per heavy atom. The molecule has 0 saturated heterocycles. The van der Waals surface area contributed by atoms with Crippen LogP contribution in [0.1, 0.15) is 74.3 Å². The van der Waals surface area contributed by atoms with Crippen molar-refractivity contribution in [3.05, 3.63) is 60.0 Å². The molecule has 1 aromatic carbocycles. The molecule has 2 heterocycles. The van der Waals surface area contributed by atoms with Crippen molar-refractivity contribution in [3.63, 3.8) is 0 Å². The van der Waals surface area contributed by atoms with Crippen LogP contribution in [0.2, 0.25) is 0 Å². The minimum Gasteiger partial charge on any atom is -0.447 e. The summed E-state index contributed by atoms with van der Waals surface area (Å²) in [5.74, 6) is -0.256. The van der Waals surface area contributed by atoms with Crippen LogP contribution in [-0.2, 0) is 30.3 Å². The summed E-state index contributed by atoms with van der Waals surface area (Å²) in [6, 6.07) is 11.7. The highest BCUT2D eigenvalue weighted by Gasteiger charge is 2.29. The molecule has 1 aliphatic carbocycles. The molecular weight excluding hydrogens is 671 g/mol. The molecule has 2 aromatic heterocycles. The summed E-state index contributed by atoms with van der Waals surface area (Å²) in [6.07, 6.45) is 6.03. The van der Waals surface area contributed by atoms with Gasteiger partial charge in [-0.1, -0.05) is 25.0 Å². The molecule has 0 aliphatic heterocycles. The standard InChI is InChI=1S/C38H54N5O7S/c1-4-42(31-12-10-11-28(3)25-31)35(44)27-43-32-17-24-51-34(32)26-33(43)37(46)41-30-15-13-29(14-16-30)36(45)39-18-8-6-7-9-19-40-38(47)50-23-22-49-21-20-48-5-2/h10-12,17,24-26,29-30H,2,4-9,13-16,18-23,27H2,1,3H3,(H,39,45)(H,40,47)(H,41,46)/t29-,30-. The molecule has 51 heavy (non-hydrogen) atoms. The number of likely N-dealkylation sites (N-methyl/N-ethyl adjacent to an activating group) is 1. The normalized spacial score (nSPS) is 15.7. The minimum absolute atomic E-state index is 0.0269. The second-order valence-electron chi connectivity index (χ2n) is 12.8. The first kappa shape index (κ1) is 39.8. The highest BCUT2D eigenvalue weighted by Crippen LogP contribution is 2.28. The Balaban J connectivity index is 1.11. The largest absolute Gasteiger partial charge is 0.447 e. The van der Waals surface area contributed by atoms with E-state index in [4.69, 9.17) is 14.2 Å². The van der Waals surface area contributed by atoms with Crippen molar-refractivity contribution < 1.29 is 33.4 Å². The van der Waals surface area contributed by atoms with E-state index in [1.807, 2.05) is 60.2 Å². The van der Waals surface area contributed by atoms with Crippen LogP contribution >= 0.6 is 11.3 Å². The zero-order valence-electron chi connectivity index (χ0n) is 30.1. The maximum Gasteiger partial charge on any atom is 0.407 e. The van der Waals surface area contributed by atoms with Crippen LogP contribution in [0, 0.1) is 19.8 Å². The van der Waals surface area contributed by atoms with Crippen molar-refractivity contribution in [2.24, 2.45) is 5.92 Å². The van der Waals surface area contributed by atoms with Gasteiger partial charge in [-0.15, -0.1) is 11.3 Å². The van der Waals surface area contributed by atoms with Crippen LogP contribution in [-0.4, -0.2) is 87.1 Å². The molecule has 1 aliphatic rings. The van der Waals surface area contributed by atoms with Gasteiger partial charge in [-0.2, -0.15) is 0 Å². The van der Waals surface area contributed by atoms with Gasteiger partial charge in [-0.25, -0.2) is 4.79 Å². The Labute approximate surface area is 305 Å². The van der Waals surface area contributed by atoms with Gasteiger partial charge < -0.3 is 39.6 Å². The lowest BCUT2D eigenvalue weighted by Gasteiger charge is -2.28. The van der Waals surface area contributed by atoms with Crippen LogP contribution in [0.5, 0.6) is 0 Å². The maximum atomic E-state index is 13.6. The third-order valence-corrected chi connectivity index (χ3v) is 9.91. The first-order valence-electron chi connectivity index (χ1n) is 18.2. The number of fused-ring (bicyclic) bond motifs is 1. The van der Waals surface area contributed by atoms with Crippen molar-refractivity contribution in [3.8, 4) is 0 Å². The Morgan fingerprint density at radius 3 is 2.37 bits per heavy atom. The lowest BCUT2D eigenvalue weighted by molar-refractivity contribution is -0.126. The number of amides is 4. The number of rotatable bonds is 21. The molecular formula is C38H54N5O7S. The van der Waals surface area contributed by atoms with Crippen molar-refractivity contribution in [1.29, 1.82) is 0 Å². The highest BCUT2D eigenvalue weighted by molar-refractivity contribution is 7.17. The first-order chi connectivity index (χ1) is 24.8. The van der Waals surface area contributed by atoms with E-state index in [2.05, 4.69) is 22.9 Å². The monoisotopic (exact) mass is 724 g/mol. The van der Waals surface area contributed by atoms with Crippen LogP contribution in [0.3, 0.4) is 0 Å². The molecule has 0 bridgehead atoms. The molecule has 13 heteroatoms. The van der Waals surface area contributed by atoms with Crippen LogP contribution in [0.25, 0.3) is 10.2 Å². The summed E-state index contributed by atoms with van der Waals surface area (Å²) < 4.78 is 18.2. The van der Waals surface area contributed by atoms with Crippen molar-refractivity contribution in [1.82, 2.24) is 20.5 Å². The van der Waals surface area contributed by atoms with E-state index in [1.165, 1.54) is 0 Å². The summed E-state index contributed by atoms with van der Waals surface area (Å²) in [4.78, 5) is 53.4. The molecule has 279 valence electrons. The van der Waals surface area contributed by atoms with Gasteiger partial charge in [0.15, 0.2) is 0 Å². The van der Waals surface area contributed by atoms with Crippen LogP contribution in [0.4, 0.5) is 10.5 Å². The first-order valence-corrected chi connectivity index (χ1v) is 19.1. The molecule has 3 aromatic rings. The summed E-state index contributed by atoms with van der Waals surface area (Å²) in [7, 11) is 0. The number of ether oxygens (including phenoxy) is 3. The summed E-state index contributed by atoms with van der Waals surface area (Å²) in [5, 5.41) is 11.0. The Hall–Kier alpha value is -3.94. The Kier molecular flexibility index (Phi) is 16.7. The Bertz CT molecular complexity index is 1550. The van der Waals surface area contributed by atoms with E-state index in [0.717, 1.165) is 60.0 Å². The van der Waals surface area contributed by atoms with Crippen molar-refractivity contribution >= 4 is 51.1 Å². The van der Waals surface area contributed by atoms with Gasteiger partial charge in [-0.05, 0) is 94.5 Å². The second-order valence-corrected chi connectivity index (χ2v) is 13.7. The average molecular weight is 725 g/mol. The number of thiophene rings is 1. The smallest absolute Gasteiger partial charge is 0.407 e. The highest BCUT2D eigenvalue weighted by atomic mass is 32.1. The zero-order chi connectivity index (χ0) is 36.4. The number of nitrogens with one attached hydrogen (secondary N) is 3. The lowest BCUT2D eigenvalue weighted by Crippen LogP contribution is -2.42. The van der Waals surface area contributed by atoms with Crippen molar-refractivity contribution in [2.75, 3.05) is 57.6 Å². The number of hydrogen-bond acceptors (Lipinski definition) is 8. The predicted molar refractivity (Wildman–Crippen MR) is 200 cm³/mol. The van der Waals surface area contributed by atoms with Crippen molar-refractivity contribution in [2.45, 2.75) is 77.8 Å².